The number of benzene rings is 1. The summed E-state index contributed by atoms with van der Waals surface area (Å²) in [5.41, 5.74) is 1.08. The molecule has 10 nitrogen and oxygen atoms in total. The lowest BCUT2D eigenvalue weighted by atomic mass is 10.2. The second-order valence-corrected chi connectivity index (χ2v) is 5.55. The minimum absolute atomic E-state index is 0.115. The van der Waals surface area contributed by atoms with Crippen LogP contribution in [0.3, 0.4) is 0 Å². The van der Waals surface area contributed by atoms with Crippen molar-refractivity contribution in [2.45, 2.75) is 26.1 Å². The quantitative estimate of drug-likeness (QED) is 0.634. The molecular formula is C14H14F3N9O. The average Bonchev–Trinajstić information content (AvgIpc) is 3.23. The van der Waals surface area contributed by atoms with Crippen molar-refractivity contribution in [1.29, 1.82) is 0 Å². The number of aromatic nitrogens is 7. The number of nitrogens with one attached hydrogen (secondary N) is 3. The van der Waals surface area contributed by atoms with Crippen molar-refractivity contribution >= 4 is 11.7 Å². The predicted octanol–water partition coefficient (Wildman–Crippen LogP) is 1.99. The highest BCUT2D eigenvalue weighted by molar-refractivity contribution is 5.89. The third-order valence-corrected chi connectivity index (χ3v) is 3.49. The maximum atomic E-state index is 12.5. The Morgan fingerprint density at radius 1 is 1.33 bits per heavy atom. The summed E-state index contributed by atoms with van der Waals surface area (Å²) in [6.07, 6.45) is -4.66. The first-order chi connectivity index (χ1) is 12.7. The van der Waals surface area contributed by atoms with Crippen LogP contribution in [-0.4, -0.2) is 41.4 Å². The lowest BCUT2D eigenvalue weighted by Crippen LogP contribution is -2.31. The predicted molar refractivity (Wildman–Crippen MR) is 85.8 cm³/mol. The first-order valence-corrected chi connectivity index (χ1v) is 7.66. The van der Waals surface area contributed by atoms with Crippen LogP contribution in [0.2, 0.25) is 0 Å². The molecule has 27 heavy (non-hydrogen) atoms. The van der Waals surface area contributed by atoms with Crippen LogP contribution in [0.4, 0.5) is 23.7 Å². The molecule has 142 valence electrons. The Bertz CT molecular complexity index is 949. The van der Waals surface area contributed by atoms with Crippen LogP contribution in [0.5, 0.6) is 0 Å². The van der Waals surface area contributed by atoms with E-state index >= 15 is 0 Å². The summed E-state index contributed by atoms with van der Waals surface area (Å²) in [6.45, 7) is 3.20. The Kier molecular flexibility index (Phi) is 4.75. The molecule has 3 N–H and O–H groups in total. The van der Waals surface area contributed by atoms with Crippen LogP contribution in [0, 0.1) is 6.92 Å². The van der Waals surface area contributed by atoms with Gasteiger partial charge in [-0.05, 0) is 42.5 Å². The van der Waals surface area contributed by atoms with Crippen molar-refractivity contribution in [3.8, 4) is 5.69 Å². The fourth-order valence-corrected chi connectivity index (χ4v) is 2.21. The van der Waals surface area contributed by atoms with Gasteiger partial charge in [0.1, 0.15) is 5.82 Å². The number of aromatic amines is 1. The topological polar surface area (TPSA) is 126 Å². The SMILES string of the molecule is Cc1nnnn1-c1cccc(NC(=O)NC(C)c2nc(C(F)(F)F)n[nH]2)c1. The Morgan fingerprint density at radius 2 is 2.11 bits per heavy atom. The normalized spacial score (nSPS) is 12.6. The molecule has 2 aromatic heterocycles. The van der Waals surface area contributed by atoms with Crippen LogP contribution in [-0.2, 0) is 6.18 Å². The van der Waals surface area contributed by atoms with E-state index in [0.29, 0.717) is 17.2 Å². The summed E-state index contributed by atoms with van der Waals surface area (Å²) >= 11 is 0. The monoisotopic (exact) mass is 381 g/mol. The molecule has 0 bridgehead atoms. The van der Waals surface area contributed by atoms with E-state index in [2.05, 4.69) is 41.3 Å². The van der Waals surface area contributed by atoms with Crippen molar-refractivity contribution in [1.82, 2.24) is 40.7 Å². The number of anilines is 1. The molecular weight excluding hydrogens is 367 g/mol. The molecule has 0 aliphatic heterocycles. The summed E-state index contributed by atoms with van der Waals surface area (Å²) in [7, 11) is 0. The number of tetrazole rings is 1. The molecule has 0 saturated carbocycles. The minimum atomic E-state index is -4.66. The second-order valence-electron chi connectivity index (χ2n) is 5.55. The number of halogens is 3. The van der Waals surface area contributed by atoms with Gasteiger partial charge in [-0.15, -0.1) is 10.2 Å². The number of aryl methyl sites for hydroxylation is 1. The highest BCUT2D eigenvalue weighted by atomic mass is 19.4. The van der Waals surface area contributed by atoms with Crippen LogP contribution in [0.15, 0.2) is 24.3 Å². The molecule has 1 unspecified atom stereocenters. The van der Waals surface area contributed by atoms with E-state index in [-0.39, 0.29) is 5.82 Å². The second kappa shape index (κ2) is 7.01. The third kappa shape index (κ3) is 4.19. The summed E-state index contributed by atoms with van der Waals surface area (Å²) in [6, 6.07) is 5.29. The minimum Gasteiger partial charge on any atom is -0.328 e. The number of hydrogen-bond donors (Lipinski definition) is 3. The Morgan fingerprint density at radius 3 is 2.74 bits per heavy atom. The van der Waals surface area contributed by atoms with Gasteiger partial charge in [0.25, 0.3) is 5.82 Å². The molecule has 13 heteroatoms. The average molecular weight is 381 g/mol. The lowest BCUT2D eigenvalue weighted by Gasteiger charge is -2.13. The van der Waals surface area contributed by atoms with E-state index in [1.54, 1.807) is 31.2 Å². The van der Waals surface area contributed by atoms with Gasteiger partial charge in [-0.1, -0.05) is 6.07 Å². The van der Waals surface area contributed by atoms with Gasteiger partial charge in [-0.25, -0.2) is 9.78 Å². The molecule has 0 fully saturated rings. The number of rotatable bonds is 4. The fraction of sp³-hybridized carbons (Fsp3) is 0.286. The van der Waals surface area contributed by atoms with Crippen LogP contribution in [0.1, 0.15) is 30.4 Å². The standard InChI is InChI=1S/C14H14F3N9O/c1-7(11-20-12(23-22-11)14(15,16)17)18-13(27)19-9-4-3-5-10(6-9)26-8(2)21-24-25-26/h3-7H,1-2H3,(H2,18,19,27)(H,20,22,23). The molecule has 2 heterocycles. The van der Waals surface area contributed by atoms with Crippen molar-refractivity contribution in [3.63, 3.8) is 0 Å². The van der Waals surface area contributed by atoms with Gasteiger partial charge in [0.2, 0.25) is 0 Å². The van der Waals surface area contributed by atoms with Crippen molar-refractivity contribution < 1.29 is 18.0 Å². The van der Waals surface area contributed by atoms with Gasteiger partial charge in [0.05, 0.1) is 11.7 Å². The number of H-pyrrole nitrogens is 1. The molecule has 1 aromatic carbocycles. The van der Waals surface area contributed by atoms with Gasteiger partial charge in [-0.3, -0.25) is 5.10 Å². The number of hydrogen-bond acceptors (Lipinski definition) is 6. The number of amides is 2. The van der Waals surface area contributed by atoms with Gasteiger partial charge in [0.15, 0.2) is 5.82 Å². The fourth-order valence-electron chi connectivity index (χ4n) is 2.21. The summed E-state index contributed by atoms with van der Waals surface area (Å²) < 4.78 is 39.1. The van der Waals surface area contributed by atoms with E-state index < -0.39 is 24.1 Å². The van der Waals surface area contributed by atoms with E-state index in [1.165, 1.54) is 11.6 Å². The zero-order valence-corrected chi connectivity index (χ0v) is 14.1. The number of alkyl halides is 3. The molecule has 2 amide bonds. The molecule has 0 spiro atoms. The maximum Gasteiger partial charge on any atom is 0.453 e. The molecule has 3 rings (SSSR count). The van der Waals surface area contributed by atoms with Crippen molar-refractivity contribution in [3.05, 3.63) is 41.7 Å². The van der Waals surface area contributed by atoms with Crippen LogP contribution in [0.25, 0.3) is 5.69 Å². The summed E-state index contributed by atoms with van der Waals surface area (Å²) in [5.74, 6) is -0.845. The molecule has 0 saturated heterocycles. The molecule has 0 aliphatic rings. The molecule has 0 radical (unpaired) electrons. The zero-order valence-electron chi connectivity index (χ0n) is 14.1. The van der Waals surface area contributed by atoms with E-state index in [1.807, 2.05) is 0 Å². The molecule has 0 aliphatic carbocycles. The number of urea groups is 1. The van der Waals surface area contributed by atoms with Gasteiger partial charge < -0.3 is 10.6 Å². The largest absolute Gasteiger partial charge is 0.453 e. The maximum absolute atomic E-state index is 12.5. The summed E-state index contributed by atoms with van der Waals surface area (Å²) in [4.78, 5) is 15.5. The number of nitrogens with zero attached hydrogens (tertiary/aromatic N) is 6. The van der Waals surface area contributed by atoms with Gasteiger partial charge in [0, 0.05) is 5.69 Å². The van der Waals surface area contributed by atoms with Crippen LogP contribution < -0.4 is 10.6 Å². The van der Waals surface area contributed by atoms with E-state index in [4.69, 9.17) is 0 Å². The number of carbonyl (C=O) groups excluding carboxylic acids is 1. The zero-order chi connectivity index (χ0) is 19.6. The Hall–Kier alpha value is -3.51. The first kappa shape index (κ1) is 18.3. The highest BCUT2D eigenvalue weighted by Crippen LogP contribution is 2.26. The smallest absolute Gasteiger partial charge is 0.328 e. The molecule has 3 aromatic rings. The van der Waals surface area contributed by atoms with E-state index in [0.717, 1.165) is 0 Å². The Labute approximate surface area is 150 Å². The van der Waals surface area contributed by atoms with E-state index in [9.17, 15) is 18.0 Å². The number of carbonyl (C=O) groups is 1. The van der Waals surface area contributed by atoms with Crippen LogP contribution >= 0.6 is 0 Å². The van der Waals surface area contributed by atoms with Gasteiger partial charge >= 0.3 is 12.2 Å². The van der Waals surface area contributed by atoms with Crippen molar-refractivity contribution in [2.24, 2.45) is 0 Å². The third-order valence-electron chi connectivity index (χ3n) is 3.49. The summed E-state index contributed by atoms with van der Waals surface area (Å²) in [5, 5.41) is 21.5. The molecule has 1 atom stereocenters. The van der Waals surface area contributed by atoms with Crippen molar-refractivity contribution in [2.75, 3.05) is 5.32 Å². The van der Waals surface area contributed by atoms with Gasteiger partial charge in [-0.2, -0.15) is 17.9 Å². The lowest BCUT2D eigenvalue weighted by molar-refractivity contribution is -0.144. The Balaban J connectivity index is 1.66. The first-order valence-electron chi connectivity index (χ1n) is 7.66. The highest BCUT2D eigenvalue weighted by Gasteiger charge is 2.36.